The molecule has 0 bridgehead atoms. The van der Waals surface area contributed by atoms with Crippen LogP contribution in [0.25, 0.3) is 0 Å². The number of fused-ring (bicyclic) bond motifs is 4. The first kappa shape index (κ1) is 16.5. The summed E-state index contributed by atoms with van der Waals surface area (Å²) in [5.41, 5.74) is 5.90. The van der Waals surface area contributed by atoms with Crippen molar-refractivity contribution in [2.45, 2.75) is 78.1 Å². The van der Waals surface area contributed by atoms with Crippen LogP contribution < -0.4 is 0 Å². The van der Waals surface area contributed by atoms with E-state index in [1.165, 1.54) is 63.5 Å². The molecule has 0 aliphatic heterocycles. The third-order valence-electron chi connectivity index (χ3n) is 7.84. The second-order valence-corrected chi connectivity index (χ2v) is 8.81. The molecule has 0 aromatic heterocycles. The van der Waals surface area contributed by atoms with Crippen LogP contribution in [0.15, 0.2) is 34.6 Å². The summed E-state index contributed by atoms with van der Waals surface area (Å²) in [6.45, 7) is 4.92. The van der Waals surface area contributed by atoms with Crippen LogP contribution in [0, 0.1) is 23.2 Å². The standard InChI is InChI=1S/C23H34O/c1-4-5-6-17-8-12-22-21-10-7-16-15-18(24-3)9-11-19(16)20(21)13-14-23(17,22)2/h6,9,20-22H,4-5,7-8,10-15H2,1-3H3/b17-6-. The molecular weight excluding hydrogens is 292 g/mol. The first-order valence-electron chi connectivity index (χ1n) is 10.3. The van der Waals surface area contributed by atoms with Gasteiger partial charge < -0.3 is 4.74 Å². The molecule has 2 fully saturated rings. The zero-order valence-corrected chi connectivity index (χ0v) is 15.9. The third-order valence-corrected chi connectivity index (χ3v) is 7.84. The molecule has 1 heteroatoms. The highest BCUT2D eigenvalue weighted by Gasteiger charge is 2.52. The molecule has 0 amide bonds. The Kier molecular flexibility index (Phi) is 4.39. The average molecular weight is 327 g/mol. The molecule has 2 saturated carbocycles. The van der Waals surface area contributed by atoms with Crippen molar-refractivity contribution in [1.29, 1.82) is 0 Å². The van der Waals surface area contributed by atoms with Gasteiger partial charge in [0.2, 0.25) is 0 Å². The van der Waals surface area contributed by atoms with Gasteiger partial charge in [-0.05, 0) is 80.6 Å². The third kappa shape index (κ3) is 2.50. The van der Waals surface area contributed by atoms with E-state index in [1.54, 1.807) is 5.57 Å². The molecule has 0 aromatic carbocycles. The summed E-state index contributed by atoms with van der Waals surface area (Å²) >= 11 is 0. The molecule has 4 aliphatic rings. The summed E-state index contributed by atoms with van der Waals surface area (Å²) in [7, 11) is 1.83. The first-order valence-corrected chi connectivity index (χ1v) is 10.3. The average Bonchev–Trinajstić information content (AvgIpc) is 2.95. The Morgan fingerprint density at radius 1 is 1.25 bits per heavy atom. The van der Waals surface area contributed by atoms with Crippen LogP contribution in [0.2, 0.25) is 0 Å². The zero-order valence-electron chi connectivity index (χ0n) is 15.9. The summed E-state index contributed by atoms with van der Waals surface area (Å²) in [4.78, 5) is 0. The van der Waals surface area contributed by atoms with Gasteiger partial charge in [-0.1, -0.05) is 43.1 Å². The Balaban J connectivity index is 1.57. The van der Waals surface area contributed by atoms with Crippen molar-refractivity contribution in [2.75, 3.05) is 7.11 Å². The number of rotatable bonds is 3. The normalized spacial score (nSPS) is 40.0. The van der Waals surface area contributed by atoms with E-state index in [-0.39, 0.29) is 0 Å². The van der Waals surface area contributed by atoms with Crippen LogP contribution in [0.4, 0.5) is 0 Å². The number of ether oxygens (including phenoxy) is 1. The lowest BCUT2D eigenvalue weighted by Crippen LogP contribution is -2.41. The number of methoxy groups -OCH3 is 1. The van der Waals surface area contributed by atoms with Crippen molar-refractivity contribution < 1.29 is 4.74 Å². The van der Waals surface area contributed by atoms with Crippen LogP contribution in [0.5, 0.6) is 0 Å². The van der Waals surface area contributed by atoms with E-state index in [0.717, 1.165) is 24.2 Å². The maximum absolute atomic E-state index is 5.53. The number of unbranched alkanes of at least 4 members (excludes halogenated alkanes) is 1. The quantitative estimate of drug-likeness (QED) is 0.533. The van der Waals surface area contributed by atoms with Gasteiger partial charge in [-0.15, -0.1) is 0 Å². The Labute approximate surface area is 148 Å². The van der Waals surface area contributed by atoms with E-state index < -0.39 is 0 Å². The van der Waals surface area contributed by atoms with Crippen LogP contribution in [0.3, 0.4) is 0 Å². The second kappa shape index (κ2) is 6.39. The lowest BCUT2D eigenvalue weighted by molar-refractivity contribution is 0.0615. The van der Waals surface area contributed by atoms with Crippen LogP contribution in [-0.4, -0.2) is 7.11 Å². The monoisotopic (exact) mass is 326 g/mol. The maximum Gasteiger partial charge on any atom is 0.0959 e. The largest absolute Gasteiger partial charge is 0.501 e. The van der Waals surface area contributed by atoms with Crippen molar-refractivity contribution in [3.8, 4) is 0 Å². The summed E-state index contributed by atoms with van der Waals surface area (Å²) < 4.78 is 5.53. The van der Waals surface area contributed by atoms with Gasteiger partial charge in [-0.25, -0.2) is 0 Å². The Bertz CT molecular complexity index is 593. The highest BCUT2D eigenvalue weighted by molar-refractivity contribution is 5.34. The van der Waals surface area contributed by atoms with Crippen molar-refractivity contribution in [3.05, 3.63) is 34.6 Å². The highest BCUT2D eigenvalue weighted by Crippen LogP contribution is 2.62. The molecule has 4 atom stereocenters. The van der Waals surface area contributed by atoms with Gasteiger partial charge in [-0.3, -0.25) is 0 Å². The molecule has 4 rings (SSSR count). The summed E-state index contributed by atoms with van der Waals surface area (Å²) in [6, 6.07) is 0. The molecule has 4 aliphatic carbocycles. The molecule has 4 unspecified atom stereocenters. The fourth-order valence-electron chi connectivity index (χ4n) is 6.55. The predicted molar refractivity (Wildman–Crippen MR) is 101 cm³/mol. The zero-order chi connectivity index (χ0) is 16.7. The van der Waals surface area contributed by atoms with E-state index in [0.29, 0.717) is 5.41 Å². The Hall–Kier alpha value is -0.980. The molecule has 24 heavy (non-hydrogen) atoms. The van der Waals surface area contributed by atoms with Gasteiger partial charge >= 0.3 is 0 Å². The van der Waals surface area contributed by atoms with Crippen LogP contribution in [-0.2, 0) is 4.74 Å². The Morgan fingerprint density at radius 2 is 2.12 bits per heavy atom. The Morgan fingerprint density at radius 3 is 2.92 bits per heavy atom. The molecule has 0 aromatic rings. The van der Waals surface area contributed by atoms with Gasteiger partial charge in [0, 0.05) is 6.42 Å². The number of hydrogen-bond donors (Lipinski definition) is 0. The summed E-state index contributed by atoms with van der Waals surface area (Å²) in [6.07, 6.45) is 18.3. The van der Waals surface area contributed by atoms with Gasteiger partial charge in [-0.2, -0.15) is 0 Å². The lowest BCUT2D eigenvalue weighted by atomic mass is 9.54. The summed E-state index contributed by atoms with van der Waals surface area (Å²) in [5.74, 6) is 3.99. The van der Waals surface area contributed by atoms with Gasteiger partial charge in [0.1, 0.15) is 0 Å². The van der Waals surface area contributed by atoms with Gasteiger partial charge in [0.25, 0.3) is 0 Å². The molecule has 132 valence electrons. The van der Waals surface area contributed by atoms with E-state index in [1.807, 2.05) is 18.3 Å². The minimum Gasteiger partial charge on any atom is -0.501 e. The van der Waals surface area contributed by atoms with Crippen molar-refractivity contribution in [2.24, 2.45) is 23.2 Å². The molecule has 0 spiro atoms. The predicted octanol–water partition coefficient (Wildman–Crippen LogP) is 6.57. The molecule has 0 saturated heterocycles. The maximum atomic E-state index is 5.53. The van der Waals surface area contributed by atoms with Gasteiger partial charge in [0.15, 0.2) is 0 Å². The first-order chi connectivity index (χ1) is 11.7. The molecular formula is C23H34O. The molecule has 0 heterocycles. The summed E-state index contributed by atoms with van der Waals surface area (Å²) in [5, 5.41) is 0. The second-order valence-electron chi connectivity index (χ2n) is 8.81. The molecule has 1 nitrogen and oxygen atoms in total. The van der Waals surface area contributed by atoms with Gasteiger partial charge in [0.05, 0.1) is 12.9 Å². The number of allylic oxidation sites excluding steroid dienone is 5. The lowest BCUT2D eigenvalue weighted by Gasteiger charge is -2.51. The molecule has 0 radical (unpaired) electrons. The molecule has 0 N–H and O–H groups in total. The smallest absolute Gasteiger partial charge is 0.0959 e. The minimum absolute atomic E-state index is 0.524. The van der Waals surface area contributed by atoms with Crippen molar-refractivity contribution >= 4 is 0 Å². The SMILES string of the molecule is CCC/C=C1/CCC2C3CCC4=C(CC=C(OC)C4)C3CCC12C. The van der Waals surface area contributed by atoms with Crippen molar-refractivity contribution in [3.63, 3.8) is 0 Å². The van der Waals surface area contributed by atoms with E-state index in [2.05, 4.69) is 26.0 Å². The van der Waals surface area contributed by atoms with E-state index in [9.17, 15) is 0 Å². The van der Waals surface area contributed by atoms with E-state index >= 15 is 0 Å². The minimum atomic E-state index is 0.524. The van der Waals surface area contributed by atoms with Crippen molar-refractivity contribution in [1.82, 2.24) is 0 Å². The fourth-order valence-corrected chi connectivity index (χ4v) is 6.55. The topological polar surface area (TPSA) is 9.23 Å². The van der Waals surface area contributed by atoms with E-state index in [4.69, 9.17) is 4.74 Å². The highest BCUT2D eigenvalue weighted by atomic mass is 16.5. The van der Waals surface area contributed by atoms with Crippen LogP contribution >= 0.6 is 0 Å². The van der Waals surface area contributed by atoms with Crippen LogP contribution in [0.1, 0.15) is 78.1 Å². The number of hydrogen-bond acceptors (Lipinski definition) is 1. The fraction of sp³-hybridized carbons (Fsp3) is 0.739.